The summed E-state index contributed by atoms with van der Waals surface area (Å²) in [7, 11) is 0. The van der Waals surface area contributed by atoms with Gasteiger partial charge in [-0.3, -0.25) is 0 Å². The molecule has 28 heavy (non-hydrogen) atoms. The minimum atomic E-state index is -4.86. The second kappa shape index (κ2) is 7.18. The lowest BCUT2D eigenvalue weighted by atomic mass is 10.1. The monoisotopic (exact) mass is 391 g/mol. The Balaban J connectivity index is 1.48. The molecule has 4 nitrogen and oxygen atoms in total. The van der Waals surface area contributed by atoms with Crippen molar-refractivity contribution >= 4 is 11.4 Å². The number of hydrogen-bond acceptors (Lipinski definition) is 3. The van der Waals surface area contributed by atoms with Gasteiger partial charge >= 0.3 is 6.36 Å². The van der Waals surface area contributed by atoms with E-state index in [9.17, 15) is 17.6 Å². The SMILES string of the molecule is Fc1cc(OC(F)(F)F)ccc1Nc1ccc(-c2cn3c(n2)CCCC3)cc1. The number of halogens is 4. The number of nitrogens with one attached hydrogen (secondary N) is 1. The summed E-state index contributed by atoms with van der Waals surface area (Å²) >= 11 is 0. The van der Waals surface area contributed by atoms with Gasteiger partial charge in [-0.05, 0) is 37.1 Å². The number of ether oxygens (including phenoxy) is 1. The summed E-state index contributed by atoms with van der Waals surface area (Å²) in [4.78, 5) is 4.66. The summed E-state index contributed by atoms with van der Waals surface area (Å²) < 4.78 is 56.6. The highest BCUT2D eigenvalue weighted by Crippen LogP contribution is 2.29. The summed E-state index contributed by atoms with van der Waals surface area (Å²) in [5, 5.41) is 2.85. The van der Waals surface area contributed by atoms with Crippen molar-refractivity contribution < 1.29 is 22.3 Å². The number of imidazole rings is 1. The molecule has 0 aliphatic carbocycles. The maximum atomic E-state index is 14.1. The average molecular weight is 391 g/mol. The normalized spacial score (nSPS) is 13.9. The van der Waals surface area contributed by atoms with E-state index in [4.69, 9.17) is 0 Å². The van der Waals surface area contributed by atoms with Crippen LogP contribution < -0.4 is 10.1 Å². The van der Waals surface area contributed by atoms with Gasteiger partial charge in [0.25, 0.3) is 0 Å². The highest BCUT2D eigenvalue weighted by Gasteiger charge is 2.31. The van der Waals surface area contributed by atoms with E-state index in [0.717, 1.165) is 49.0 Å². The zero-order valence-corrected chi connectivity index (χ0v) is 14.8. The van der Waals surface area contributed by atoms with Gasteiger partial charge in [-0.2, -0.15) is 0 Å². The van der Waals surface area contributed by atoms with E-state index in [2.05, 4.69) is 19.6 Å². The lowest BCUT2D eigenvalue weighted by Crippen LogP contribution is -2.17. The van der Waals surface area contributed by atoms with Crippen LogP contribution in [-0.2, 0) is 13.0 Å². The maximum Gasteiger partial charge on any atom is 0.573 e. The molecule has 0 unspecified atom stereocenters. The Kier molecular flexibility index (Phi) is 4.70. The minimum Gasteiger partial charge on any atom is -0.406 e. The van der Waals surface area contributed by atoms with Gasteiger partial charge in [0.15, 0.2) is 0 Å². The molecule has 0 atom stereocenters. The molecule has 0 spiro atoms. The lowest BCUT2D eigenvalue weighted by molar-refractivity contribution is -0.274. The zero-order chi connectivity index (χ0) is 19.7. The largest absolute Gasteiger partial charge is 0.573 e. The maximum absolute atomic E-state index is 14.1. The Morgan fingerprint density at radius 1 is 1.04 bits per heavy atom. The smallest absolute Gasteiger partial charge is 0.406 e. The molecule has 0 fully saturated rings. The molecule has 146 valence electrons. The molecule has 1 aliphatic heterocycles. The number of rotatable bonds is 4. The summed E-state index contributed by atoms with van der Waals surface area (Å²) in [6, 6.07) is 10.2. The number of nitrogens with zero attached hydrogens (tertiary/aromatic N) is 2. The Hall–Kier alpha value is -3.03. The predicted molar refractivity (Wildman–Crippen MR) is 97.0 cm³/mol. The van der Waals surface area contributed by atoms with Gasteiger partial charge in [0.2, 0.25) is 0 Å². The molecule has 1 N–H and O–H groups in total. The van der Waals surface area contributed by atoms with Gasteiger partial charge in [-0.25, -0.2) is 9.37 Å². The van der Waals surface area contributed by atoms with Crippen LogP contribution in [0.4, 0.5) is 28.9 Å². The molecule has 0 saturated heterocycles. The standard InChI is InChI=1S/C20H17F4N3O/c21-16-11-15(28-20(22,23)24)8-9-17(16)25-14-6-4-13(5-7-14)18-12-27-10-2-1-3-19(27)26-18/h4-9,11-12,25H,1-3,10H2. The van der Waals surface area contributed by atoms with E-state index in [1.54, 1.807) is 12.1 Å². The van der Waals surface area contributed by atoms with Crippen LogP contribution in [0.25, 0.3) is 11.3 Å². The van der Waals surface area contributed by atoms with Gasteiger partial charge in [0.1, 0.15) is 17.4 Å². The van der Waals surface area contributed by atoms with Gasteiger partial charge in [0.05, 0.1) is 11.4 Å². The lowest BCUT2D eigenvalue weighted by Gasteiger charge is -2.12. The van der Waals surface area contributed by atoms with Crippen LogP contribution in [0.5, 0.6) is 5.75 Å². The Labute approximate surface area is 158 Å². The number of alkyl halides is 3. The molecular formula is C20H17F4N3O. The summed E-state index contributed by atoms with van der Waals surface area (Å²) in [6.45, 7) is 0.981. The van der Waals surface area contributed by atoms with Crippen molar-refractivity contribution in [3.05, 3.63) is 60.3 Å². The van der Waals surface area contributed by atoms with Crippen LogP contribution in [0.3, 0.4) is 0 Å². The quantitative estimate of drug-likeness (QED) is 0.583. The first-order valence-corrected chi connectivity index (χ1v) is 8.86. The molecular weight excluding hydrogens is 374 g/mol. The number of aromatic nitrogens is 2. The van der Waals surface area contributed by atoms with Crippen molar-refractivity contribution in [2.24, 2.45) is 0 Å². The zero-order valence-electron chi connectivity index (χ0n) is 14.8. The first kappa shape index (κ1) is 18.3. The number of benzene rings is 2. The van der Waals surface area contributed by atoms with Crippen LogP contribution in [0.15, 0.2) is 48.7 Å². The van der Waals surface area contributed by atoms with E-state index in [-0.39, 0.29) is 5.69 Å². The van der Waals surface area contributed by atoms with Crippen LogP contribution in [0.1, 0.15) is 18.7 Å². The highest BCUT2D eigenvalue weighted by atomic mass is 19.4. The van der Waals surface area contributed by atoms with E-state index in [0.29, 0.717) is 11.8 Å². The Morgan fingerprint density at radius 3 is 2.50 bits per heavy atom. The third kappa shape index (κ3) is 4.11. The molecule has 4 rings (SSSR count). The van der Waals surface area contributed by atoms with Gasteiger partial charge in [-0.1, -0.05) is 12.1 Å². The molecule has 3 aromatic rings. The highest BCUT2D eigenvalue weighted by molar-refractivity contribution is 5.66. The number of hydrogen-bond donors (Lipinski definition) is 1. The van der Waals surface area contributed by atoms with E-state index in [1.165, 1.54) is 6.07 Å². The Bertz CT molecular complexity index is 957. The first-order valence-electron chi connectivity index (χ1n) is 8.86. The van der Waals surface area contributed by atoms with Gasteiger partial charge < -0.3 is 14.6 Å². The second-order valence-corrected chi connectivity index (χ2v) is 6.58. The van der Waals surface area contributed by atoms with Crippen molar-refractivity contribution in [3.8, 4) is 17.0 Å². The first-order chi connectivity index (χ1) is 13.4. The molecule has 1 aliphatic rings. The molecule has 2 heterocycles. The fourth-order valence-corrected chi connectivity index (χ4v) is 3.23. The fourth-order valence-electron chi connectivity index (χ4n) is 3.23. The summed E-state index contributed by atoms with van der Waals surface area (Å²) in [5.74, 6) is -0.353. The van der Waals surface area contributed by atoms with Crippen molar-refractivity contribution in [1.29, 1.82) is 0 Å². The third-order valence-corrected chi connectivity index (χ3v) is 4.54. The second-order valence-electron chi connectivity index (χ2n) is 6.58. The third-order valence-electron chi connectivity index (χ3n) is 4.54. The van der Waals surface area contributed by atoms with Crippen molar-refractivity contribution in [3.63, 3.8) is 0 Å². The fraction of sp³-hybridized carbons (Fsp3) is 0.250. The van der Waals surface area contributed by atoms with Crippen LogP contribution in [0, 0.1) is 5.82 Å². The van der Waals surface area contributed by atoms with Crippen LogP contribution in [-0.4, -0.2) is 15.9 Å². The number of fused-ring (bicyclic) bond motifs is 1. The molecule has 0 bridgehead atoms. The van der Waals surface area contributed by atoms with Gasteiger partial charge in [0, 0.05) is 36.5 Å². The van der Waals surface area contributed by atoms with Crippen molar-refractivity contribution in [2.75, 3.05) is 5.32 Å². The molecule has 0 saturated carbocycles. The van der Waals surface area contributed by atoms with Crippen molar-refractivity contribution in [1.82, 2.24) is 9.55 Å². The number of aryl methyl sites for hydroxylation is 2. The van der Waals surface area contributed by atoms with E-state index >= 15 is 0 Å². The molecule has 0 amide bonds. The van der Waals surface area contributed by atoms with Crippen LogP contribution >= 0.6 is 0 Å². The van der Waals surface area contributed by atoms with E-state index < -0.39 is 17.9 Å². The minimum absolute atomic E-state index is 0.0553. The van der Waals surface area contributed by atoms with Crippen LogP contribution in [0.2, 0.25) is 0 Å². The Morgan fingerprint density at radius 2 is 1.82 bits per heavy atom. The van der Waals surface area contributed by atoms with Crippen molar-refractivity contribution in [2.45, 2.75) is 32.2 Å². The molecule has 1 aromatic heterocycles. The van der Waals surface area contributed by atoms with E-state index in [1.807, 2.05) is 18.3 Å². The topological polar surface area (TPSA) is 39.1 Å². The predicted octanol–water partition coefficient (Wildman–Crippen LogP) is 5.67. The average Bonchev–Trinajstić information content (AvgIpc) is 3.07. The summed E-state index contributed by atoms with van der Waals surface area (Å²) in [6.07, 6.45) is 0.466. The number of anilines is 2. The van der Waals surface area contributed by atoms with Gasteiger partial charge in [-0.15, -0.1) is 13.2 Å². The molecule has 8 heteroatoms. The summed E-state index contributed by atoms with van der Waals surface area (Å²) in [5.41, 5.74) is 2.50. The molecule has 2 aromatic carbocycles. The molecule has 0 radical (unpaired) electrons.